The van der Waals surface area contributed by atoms with Gasteiger partial charge in [-0.3, -0.25) is 0 Å². The predicted molar refractivity (Wildman–Crippen MR) is 87.8 cm³/mol. The highest BCUT2D eigenvalue weighted by atomic mass is 16.3. The lowest BCUT2D eigenvalue weighted by atomic mass is 9.79. The van der Waals surface area contributed by atoms with Gasteiger partial charge in [0, 0.05) is 11.1 Å². The Labute approximate surface area is 129 Å². The van der Waals surface area contributed by atoms with Crippen molar-refractivity contribution in [1.82, 2.24) is 0 Å². The standard InChI is InChI=1S/C21H16O/c22-21(16-12-11-14-9-10-15(14)13-16)19-7-3-1-5-17(19)18-6-2-4-8-20(18)21/h1-8,11-13,22H,9-10H2. The van der Waals surface area contributed by atoms with E-state index in [9.17, 15) is 5.11 Å². The van der Waals surface area contributed by atoms with Gasteiger partial charge in [-0.2, -0.15) is 0 Å². The highest BCUT2D eigenvalue weighted by Gasteiger charge is 2.43. The molecule has 0 fully saturated rings. The minimum absolute atomic E-state index is 0.989. The van der Waals surface area contributed by atoms with Crippen molar-refractivity contribution in [2.24, 2.45) is 0 Å². The first-order valence-corrected chi connectivity index (χ1v) is 7.82. The second kappa shape index (κ2) is 4.08. The van der Waals surface area contributed by atoms with Crippen LogP contribution >= 0.6 is 0 Å². The lowest BCUT2D eigenvalue weighted by Crippen LogP contribution is -2.27. The lowest BCUT2D eigenvalue weighted by molar-refractivity contribution is 0.130. The Morgan fingerprint density at radius 3 is 1.82 bits per heavy atom. The molecule has 1 heteroatoms. The molecule has 0 aromatic heterocycles. The van der Waals surface area contributed by atoms with E-state index in [-0.39, 0.29) is 0 Å². The fraction of sp³-hybridized carbons (Fsp3) is 0.143. The Hall–Kier alpha value is -2.38. The quantitative estimate of drug-likeness (QED) is 0.714. The predicted octanol–water partition coefficient (Wildman–Crippen LogP) is 4.05. The first-order valence-electron chi connectivity index (χ1n) is 7.82. The summed E-state index contributed by atoms with van der Waals surface area (Å²) < 4.78 is 0. The number of benzene rings is 3. The van der Waals surface area contributed by atoms with Crippen LogP contribution in [0.15, 0.2) is 66.7 Å². The van der Waals surface area contributed by atoms with Crippen molar-refractivity contribution in [3.63, 3.8) is 0 Å². The van der Waals surface area contributed by atoms with Gasteiger partial charge >= 0.3 is 0 Å². The highest BCUT2D eigenvalue weighted by molar-refractivity contribution is 5.82. The summed E-state index contributed by atoms with van der Waals surface area (Å²) in [5.41, 5.74) is 7.04. The van der Waals surface area contributed by atoms with E-state index in [1.165, 1.54) is 17.5 Å². The van der Waals surface area contributed by atoms with Gasteiger partial charge in [0.2, 0.25) is 0 Å². The van der Waals surface area contributed by atoms with Gasteiger partial charge in [-0.25, -0.2) is 0 Å². The monoisotopic (exact) mass is 284 g/mol. The molecule has 0 saturated heterocycles. The summed E-state index contributed by atoms with van der Waals surface area (Å²) >= 11 is 0. The van der Waals surface area contributed by atoms with Crippen molar-refractivity contribution in [3.8, 4) is 11.1 Å². The summed E-state index contributed by atoms with van der Waals surface area (Å²) in [6, 6.07) is 22.9. The van der Waals surface area contributed by atoms with Crippen LogP contribution in [0.4, 0.5) is 0 Å². The molecule has 22 heavy (non-hydrogen) atoms. The largest absolute Gasteiger partial charge is 0.376 e. The molecule has 2 aliphatic carbocycles. The van der Waals surface area contributed by atoms with E-state index in [2.05, 4.69) is 42.5 Å². The average Bonchev–Trinajstić information content (AvgIpc) is 2.80. The van der Waals surface area contributed by atoms with Crippen molar-refractivity contribution < 1.29 is 5.11 Å². The molecule has 1 N–H and O–H groups in total. The Balaban J connectivity index is 1.84. The van der Waals surface area contributed by atoms with Crippen LogP contribution in [0, 0.1) is 0 Å². The SMILES string of the molecule is OC1(c2ccc3c(c2)CC3)c2ccccc2-c2ccccc21. The molecule has 0 bridgehead atoms. The van der Waals surface area contributed by atoms with E-state index < -0.39 is 5.60 Å². The molecule has 0 spiro atoms. The summed E-state index contributed by atoms with van der Waals surface area (Å²) in [5.74, 6) is 0. The smallest absolute Gasteiger partial charge is 0.141 e. The Kier molecular flexibility index (Phi) is 2.26. The summed E-state index contributed by atoms with van der Waals surface area (Å²) in [6.45, 7) is 0. The van der Waals surface area contributed by atoms with Gasteiger partial charge in [-0.15, -0.1) is 0 Å². The Morgan fingerprint density at radius 2 is 1.27 bits per heavy atom. The zero-order valence-electron chi connectivity index (χ0n) is 12.2. The molecule has 0 atom stereocenters. The van der Waals surface area contributed by atoms with Crippen LogP contribution in [-0.2, 0) is 18.4 Å². The number of aliphatic hydroxyl groups is 1. The van der Waals surface area contributed by atoms with Gasteiger partial charge < -0.3 is 5.11 Å². The number of hydrogen-bond donors (Lipinski definition) is 1. The number of hydrogen-bond acceptors (Lipinski definition) is 1. The van der Waals surface area contributed by atoms with E-state index in [4.69, 9.17) is 0 Å². The molecule has 0 radical (unpaired) electrons. The normalized spacial score (nSPS) is 16.4. The van der Waals surface area contributed by atoms with Gasteiger partial charge in [0.25, 0.3) is 0 Å². The maximum Gasteiger partial charge on any atom is 0.141 e. The zero-order chi connectivity index (χ0) is 14.7. The lowest BCUT2D eigenvalue weighted by Gasteiger charge is -2.29. The molecular weight excluding hydrogens is 268 g/mol. The average molecular weight is 284 g/mol. The minimum Gasteiger partial charge on any atom is -0.376 e. The van der Waals surface area contributed by atoms with E-state index >= 15 is 0 Å². The fourth-order valence-corrected chi connectivity index (χ4v) is 3.94. The number of fused-ring (bicyclic) bond motifs is 4. The van der Waals surface area contributed by atoms with Crippen molar-refractivity contribution >= 4 is 0 Å². The van der Waals surface area contributed by atoms with E-state index in [0.29, 0.717) is 0 Å². The van der Waals surface area contributed by atoms with E-state index in [1.54, 1.807) is 0 Å². The first kappa shape index (κ1) is 12.2. The van der Waals surface area contributed by atoms with Crippen LogP contribution in [0.1, 0.15) is 27.8 Å². The molecule has 0 aliphatic heterocycles. The summed E-state index contributed by atoms with van der Waals surface area (Å²) in [4.78, 5) is 0. The highest BCUT2D eigenvalue weighted by Crippen LogP contribution is 2.51. The third-order valence-electron chi connectivity index (χ3n) is 5.21. The van der Waals surface area contributed by atoms with Gasteiger partial charge in [-0.1, -0.05) is 66.7 Å². The first-order chi connectivity index (χ1) is 10.8. The maximum atomic E-state index is 11.7. The van der Waals surface area contributed by atoms with Crippen LogP contribution < -0.4 is 0 Å². The van der Waals surface area contributed by atoms with Crippen molar-refractivity contribution in [2.75, 3.05) is 0 Å². The van der Waals surface area contributed by atoms with Crippen LogP contribution in [0.3, 0.4) is 0 Å². The van der Waals surface area contributed by atoms with E-state index in [0.717, 1.165) is 34.2 Å². The molecule has 2 aliphatic rings. The van der Waals surface area contributed by atoms with Crippen molar-refractivity contribution in [1.29, 1.82) is 0 Å². The Morgan fingerprint density at radius 1 is 0.682 bits per heavy atom. The van der Waals surface area contributed by atoms with E-state index in [1.807, 2.05) is 24.3 Å². The van der Waals surface area contributed by atoms with Crippen molar-refractivity contribution in [2.45, 2.75) is 18.4 Å². The van der Waals surface area contributed by atoms with Crippen LogP contribution in [0.25, 0.3) is 11.1 Å². The fourth-order valence-electron chi connectivity index (χ4n) is 3.94. The van der Waals surface area contributed by atoms with Crippen LogP contribution in [-0.4, -0.2) is 5.11 Å². The molecule has 3 aromatic rings. The summed E-state index contributed by atoms with van der Waals surface area (Å²) in [6.07, 6.45) is 2.30. The van der Waals surface area contributed by atoms with Gasteiger partial charge in [0.15, 0.2) is 0 Å². The Bertz CT molecular complexity index is 862. The molecular formula is C21H16O. The second-order valence-electron chi connectivity index (χ2n) is 6.29. The molecule has 0 amide bonds. The summed E-state index contributed by atoms with van der Waals surface area (Å²) in [5, 5.41) is 11.7. The molecule has 3 aromatic carbocycles. The topological polar surface area (TPSA) is 20.2 Å². The molecule has 0 unspecified atom stereocenters. The molecule has 0 saturated carbocycles. The summed E-state index contributed by atoms with van der Waals surface area (Å²) in [7, 11) is 0. The second-order valence-corrected chi connectivity index (χ2v) is 6.29. The van der Waals surface area contributed by atoms with Gasteiger partial charge in [0.05, 0.1) is 0 Å². The van der Waals surface area contributed by atoms with Crippen molar-refractivity contribution in [3.05, 3.63) is 94.5 Å². The molecule has 106 valence electrons. The molecule has 1 nitrogen and oxygen atoms in total. The van der Waals surface area contributed by atoms with Gasteiger partial charge in [0.1, 0.15) is 5.60 Å². The molecule has 5 rings (SSSR count). The van der Waals surface area contributed by atoms with Crippen LogP contribution in [0.5, 0.6) is 0 Å². The molecule has 0 heterocycles. The van der Waals surface area contributed by atoms with Crippen LogP contribution in [0.2, 0.25) is 0 Å². The minimum atomic E-state index is -1.03. The number of rotatable bonds is 1. The zero-order valence-corrected chi connectivity index (χ0v) is 12.2. The van der Waals surface area contributed by atoms with Gasteiger partial charge in [-0.05, 0) is 40.7 Å². The third-order valence-corrected chi connectivity index (χ3v) is 5.21. The third kappa shape index (κ3) is 1.37. The maximum absolute atomic E-state index is 11.7. The number of aryl methyl sites for hydroxylation is 2.